The smallest absolute Gasteiger partial charge is 0.183 e. The molecule has 7 heteroatoms. The zero-order valence-corrected chi connectivity index (χ0v) is 8.98. The van der Waals surface area contributed by atoms with E-state index in [0.29, 0.717) is 11.2 Å². The zero-order valence-electron chi connectivity index (χ0n) is 8.98. The number of hydrogen-bond donors (Lipinski definition) is 2. The number of imidazole rings is 1. The number of nitrogens with one attached hydrogen (secondary N) is 1. The molecule has 0 unspecified atom stereocenters. The van der Waals surface area contributed by atoms with Crippen LogP contribution < -0.4 is 5.73 Å². The number of hydrogen-bond acceptors (Lipinski definition) is 4. The van der Waals surface area contributed by atoms with Crippen LogP contribution in [0.2, 0.25) is 0 Å². The van der Waals surface area contributed by atoms with Gasteiger partial charge < -0.3 is 10.7 Å². The summed E-state index contributed by atoms with van der Waals surface area (Å²) >= 11 is 0. The van der Waals surface area contributed by atoms with Gasteiger partial charge in [-0.3, -0.25) is 0 Å². The van der Waals surface area contributed by atoms with Crippen molar-refractivity contribution in [3.8, 4) is 11.4 Å². The van der Waals surface area contributed by atoms with E-state index in [2.05, 4.69) is 19.9 Å². The van der Waals surface area contributed by atoms with E-state index in [1.54, 1.807) is 0 Å². The van der Waals surface area contributed by atoms with Crippen molar-refractivity contribution in [1.82, 2.24) is 19.9 Å². The van der Waals surface area contributed by atoms with Gasteiger partial charge in [-0.1, -0.05) is 0 Å². The summed E-state index contributed by atoms with van der Waals surface area (Å²) in [6.07, 6.45) is 1.27. The Hall–Kier alpha value is -2.57. The fraction of sp³-hybridized carbons (Fsp3) is 0. The Morgan fingerprint density at radius 2 is 2.00 bits per heavy atom. The zero-order chi connectivity index (χ0) is 12.7. The topological polar surface area (TPSA) is 80.5 Å². The van der Waals surface area contributed by atoms with Crippen LogP contribution in [0.15, 0.2) is 24.5 Å². The number of benzene rings is 1. The minimum Gasteiger partial charge on any atom is -0.382 e. The monoisotopic (exact) mass is 247 g/mol. The molecule has 18 heavy (non-hydrogen) atoms. The van der Waals surface area contributed by atoms with Crippen molar-refractivity contribution in [1.29, 1.82) is 0 Å². The maximum atomic E-state index is 13.6. The SMILES string of the molecule is Nc1ncnc2nc(-c3ccc(F)cc3F)[nH]c12. The predicted molar refractivity (Wildman–Crippen MR) is 61.4 cm³/mol. The van der Waals surface area contributed by atoms with E-state index in [9.17, 15) is 8.78 Å². The van der Waals surface area contributed by atoms with Crippen molar-refractivity contribution in [2.45, 2.75) is 0 Å². The number of nitrogens with two attached hydrogens (primary N) is 1. The molecule has 5 nitrogen and oxygen atoms in total. The normalized spacial score (nSPS) is 11.0. The van der Waals surface area contributed by atoms with E-state index in [-0.39, 0.29) is 17.2 Å². The summed E-state index contributed by atoms with van der Waals surface area (Å²) in [7, 11) is 0. The van der Waals surface area contributed by atoms with Crippen LogP contribution in [-0.2, 0) is 0 Å². The lowest BCUT2D eigenvalue weighted by atomic mass is 10.2. The lowest BCUT2D eigenvalue weighted by molar-refractivity contribution is 0.585. The van der Waals surface area contributed by atoms with Gasteiger partial charge in [-0.25, -0.2) is 23.7 Å². The third-order valence-electron chi connectivity index (χ3n) is 2.50. The Morgan fingerprint density at radius 3 is 2.72 bits per heavy atom. The number of fused-ring (bicyclic) bond motifs is 1. The molecule has 0 saturated heterocycles. The van der Waals surface area contributed by atoms with Crippen molar-refractivity contribution in [2.75, 3.05) is 5.73 Å². The number of anilines is 1. The Labute approximate surface area is 99.7 Å². The number of H-pyrrole nitrogens is 1. The standard InChI is InChI=1S/C11H7F2N5/c12-5-1-2-6(7(13)3-5)10-17-8-9(14)15-4-16-11(8)18-10/h1-4H,(H3,14,15,16,17,18). The summed E-state index contributed by atoms with van der Waals surface area (Å²) < 4.78 is 26.4. The summed E-state index contributed by atoms with van der Waals surface area (Å²) in [6.45, 7) is 0. The van der Waals surface area contributed by atoms with Crippen LogP contribution in [0.1, 0.15) is 0 Å². The Bertz CT molecular complexity index is 737. The molecule has 90 valence electrons. The Morgan fingerprint density at radius 1 is 1.17 bits per heavy atom. The third kappa shape index (κ3) is 1.56. The first-order chi connectivity index (χ1) is 8.65. The largest absolute Gasteiger partial charge is 0.382 e. The fourth-order valence-corrected chi connectivity index (χ4v) is 1.66. The van der Waals surface area contributed by atoms with Gasteiger partial charge in [0.2, 0.25) is 0 Å². The highest BCUT2D eigenvalue weighted by Crippen LogP contribution is 2.24. The first-order valence-corrected chi connectivity index (χ1v) is 5.07. The predicted octanol–water partition coefficient (Wildman–Crippen LogP) is 1.88. The molecule has 0 fully saturated rings. The molecule has 2 aromatic heterocycles. The maximum absolute atomic E-state index is 13.6. The van der Waals surface area contributed by atoms with Crippen molar-refractivity contribution in [3.05, 3.63) is 36.2 Å². The molecule has 0 amide bonds. The average molecular weight is 247 g/mol. The fourth-order valence-electron chi connectivity index (χ4n) is 1.66. The van der Waals surface area contributed by atoms with E-state index < -0.39 is 11.6 Å². The summed E-state index contributed by atoms with van der Waals surface area (Å²) in [6, 6.07) is 3.24. The second-order valence-electron chi connectivity index (χ2n) is 3.67. The van der Waals surface area contributed by atoms with Crippen molar-refractivity contribution < 1.29 is 8.78 Å². The van der Waals surface area contributed by atoms with E-state index >= 15 is 0 Å². The molecule has 1 aromatic carbocycles. The van der Waals surface area contributed by atoms with Crippen molar-refractivity contribution in [3.63, 3.8) is 0 Å². The molecule has 3 rings (SSSR count). The van der Waals surface area contributed by atoms with Crippen molar-refractivity contribution >= 4 is 17.0 Å². The summed E-state index contributed by atoms with van der Waals surface area (Å²) in [4.78, 5) is 14.6. The van der Waals surface area contributed by atoms with Gasteiger partial charge in [0.1, 0.15) is 29.3 Å². The summed E-state index contributed by atoms with van der Waals surface area (Å²) in [5.41, 5.74) is 6.54. The van der Waals surface area contributed by atoms with Crippen LogP contribution >= 0.6 is 0 Å². The van der Waals surface area contributed by atoms with Crippen LogP contribution in [0.4, 0.5) is 14.6 Å². The molecule has 3 aromatic rings. The van der Waals surface area contributed by atoms with Gasteiger partial charge in [-0.15, -0.1) is 0 Å². The summed E-state index contributed by atoms with van der Waals surface area (Å²) in [5.74, 6) is -0.900. The molecule has 0 saturated carbocycles. The molecule has 3 N–H and O–H groups in total. The van der Waals surface area contributed by atoms with Gasteiger partial charge >= 0.3 is 0 Å². The van der Waals surface area contributed by atoms with Crippen LogP contribution in [0, 0.1) is 11.6 Å². The number of nitrogens with zero attached hydrogens (tertiary/aromatic N) is 3. The first-order valence-electron chi connectivity index (χ1n) is 5.07. The van der Waals surface area contributed by atoms with E-state index in [1.165, 1.54) is 12.4 Å². The number of nitrogen functional groups attached to an aromatic ring is 1. The van der Waals surface area contributed by atoms with Gasteiger partial charge in [-0.05, 0) is 12.1 Å². The number of aromatic nitrogens is 4. The van der Waals surface area contributed by atoms with E-state index in [1.807, 2.05) is 0 Å². The molecule has 0 bridgehead atoms. The number of aromatic amines is 1. The first kappa shape index (κ1) is 10.6. The third-order valence-corrected chi connectivity index (χ3v) is 2.50. The van der Waals surface area contributed by atoms with E-state index in [4.69, 9.17) is 5.73 Å². The highest BCUT2D eigenvalue weighted by atomic mass is 19.1. The average Bonchev–Trinajstić information content (AvgIpc) is 2.74. The minimum atomic E-state index is -0.708. The van der Waals surface area contributed by atoms with Gasteiger partial charge in [0.15, 0.2) is 11.5 Å². The molecule has 0 atom stereocenters. The Balaban J connectivity index is 2.23. The van der Waals surface area contributed by atoms with Crippen LogP contribution in [-0.4, -0.2) is 19.9 Å². The summed E-state index contributed by atoms with van der Waals surface area (Å²) in [5, 5.41) is 0. The Kier molecular flexibility index (Phi) is 2.19. The van der Waals surface area contributed by atoms with Gasteiger partial charge in [0, 0.05) is 6.07 Å². The van der Waals surface area contributed by atoms with Gasteiger partial charge in [-0.2, -0.15) is 0 Å². The lowest BCUT2D eigenvalue weighted by Crippen LogP contribution is -1.91. The van der Waals surface area contributed by atoms with Crippen LogP contribution in [0.3, 0.4) is 0 Å². The van der Waals surface area contributed by atoms with Crippen LogP contribution in [0.25, 0.3) is 22.6 Å². The number of halogens is 2. The molecule has 0 aliphatic heterocycles. The highest BCUT2D eigenvalue weighted by molar-refractivity contribution is 5.84. The van der Waals surface area contributed by atoms with E-state index in [0.717, 1.165) is 12.1 Å². The molecule has 0 radical (unpaired) electrons. The molecular formula is C11H7F2N5. The van der Waals surface area contributed by atoms with Gasteiger partial charge in [0.05, 0.1) is 5.56 Å². The molecule has 0 aliphatic carbocycles. The lowest BCUT2D eigenvalue weighted by Gasteiger charge is -1.98. The quantitative estimate of drug-likeness (QED) is 0.688. The second kappa shape index (κ2) is 3.73. The molecule has 0 aliphatic rings. The molecule has 0 spiro atoms. The van der Waals surface area contributed by atoms with Crippen LogP contribution in [0.5, 0.6) is 0 Å². The maximum Gasteiger partial charge on any atom is 0.183 e. The van der Waals surface area contributed by atoms with Crippen molar-refractivity contribution in [2.24, 2.45) is 0 Å². The second-order valence-corrected chi connectivity index (χ2v) is 3.67. The molecular weight excluding hydrogens is 240 g/mol. The minimum absolute atomic E-state index is 0.147. The van der Waals surface area contributed by atoms with Gasteiger partial charge in [0.25, 0.3) is 0 Å². The number of rotatable bonds is 1. The highest BCUT2D eigenvalue weighted by Gasteiger charge is 2.13. The molecule has 2 heterocycles.